The molecule has 4 heteroatoms. The van der Waals surface area contributed by atoms with Gasteiger partial charge in [0.2, 0.25) is 0 Å². The van der Waals surface area contributed by atoms with Crippen molar-refractivity contribution in [2.45, 2.75) is 32.8 Å². The van der Waals surface area contributed by atoms with Gasteiger partial charge in [-0.2, -0.15) is 0 Å². The Hall–Kier alpha value is -0.900. The van der Waals surface area contributed by atoms with E-state index in [0.29, 0.717) is 0 Å². The van der Waals surface area contributed by atoms with Gasteiger partial charge in [-0.15, -0.1) is 11.3 Å². The Kier molecular flexibility index (Phi) is 4.75. The second-order valence-corrected chi connectivity index (χ2v) is 5.68. The predicted octanol–water partition coefficient (Wildman–Crippen LogP) is 4.30. The summed E-state index contributed by atoms with van der Waals surface area (Å²) in [5.74, 6) is 0. The number of unbranched alkanes of at least 4 members (excludes halogenated alkanes) is 1. The third-order valence-corrected chi connectivity index (χ3v) is 4.24. The quantitative estimate of drug-likeness (QED) is 0.886. The van der Waals surface area contributed by atoms with Crippen molar-refractivity contribution in [1.29, 1.82) is 0 Å². The maximum Gasteiger partial charge on any atom is 0.123 e. The van der Waals surface area contributed by atoms with Crippen molar-refractivity contribution in [1.82, 2.24) is 4.98 Å². The number of hydrogen-bond acceptors (Lipinski definition) is 3. The van der Waals surface area contributed by atoms with E-state index < -0.39 is 0 Å². The normalized spacial score (nSPS) is 10.8. The third kappa shape index (κ3) is 3.10. The molecule has 2 rings (SSSR count). The van der Waals surface area contributed by atoms with Crippen LogP contribution in [0, 0.1) is 0 Å². The highest BCUT2D eigenvalue weighted by molar-refractivity contribution is 7.15. The van der Waals surface area contributed by atoms with Crippen LogP contribution in [-0.4, -0.2) is 10.1 Å². The Morgan fingerprint density at radius 1 is 1.28 bits per heavy atom. The number of benzene rings is 1. The maximum absolute atomic E-state index is 9.35. The second kappa shape index (κ2) is 6.32. The van der Waals surface area contributed by atoms with Crippen LogP contribution in [0.15, 0.2) is 24.3 Å². The van der Waals surface area contributed by atoms with E-state index in [9.17, 15) is 5.11 Å². The molecule has 1 N–H and O–H groups in total. The molecule has 0 bridgehead atoms. The lowest BCUT2D eigenvalue weighted by atomic mass is 10.2. The van der Waals surface area contributed by atoms with Gasteiger partial charge in [-0.1, -0.05) is 37.1 Å². The van der Waals surface area contributed by atoms with Gasteiger partial charge in [0.1, 0.15) is 5.01 Å². The zero-order valence-corrected chi connectivity index (χ0v) is 11.9. The summed E-state index contributed by atoms with van der Waals surface area (Å²) in [5.41, 5.74) is 1.88. The van der Waals surface area contributed by atoms with Gasteiger partial charge in [-0.25, -0.2) is 4.98 Å². The largest absolute Gasteiger partial charge is 0.390 e. The first-order valence-electron chi connectivity index (χ1n) is 6.10. The topological polar surface area (TPSA) is 33.1 Å². The number of halogens is 1. The van der Waals surface area contributed by atoms with E-state index in [-0.39, 0.29) is 6.61 Å². The molecular formula is C14H16ClNOS. The summed E-state index contributed by atoms with van der Waals surface area (Å²) in [4.78, 5) is 5.71. The Balaban J connectivity index is 2.28. The van der Waals surface area contributed by atoms with Crippen LogP contribution < -0.4 is 0 Å². The van der Waals surface area contributed by atoms with Crippen LogP contribution in [0.3, 0.4) is 0 Å². The molecule has 1 heterocycles. The van der Waals surface area contributed by atoms with E-state index >= 15 is 0 Å². The molecule has 0 atom stereocenters. The smallest absolute Gasteiger partial charge is 0.123 e. The van der Waals surface area contributed by atoms with Gasteiger partial charge in [-0.05, 0) is 25.0 Å². The number of hydrogen-bond donors (Lipinski definition) is 1. The van der Waals surface area contributed by atoms with Crippen LogP contribution in [0.2, 0.25) is 5.02 Å². The van der Waals surface area contributed by atoms with Gasteiger partial charge in [0.15, 0.2) is 0 Å². The first kappa shape index (κ1) is 13.5. The highest BCUT2D eigenvalue weighted by Gasteiger charge is 2.11. The highest BCUT2D eigenvalue weighted by Crippen LogP contribution is 2.30. The summed E-state index contributed by atoms with van der Waals surface area (Å²) in [6.07, 6.45) is 3.28. The van der Waals surface area contributed by atoms with Crippen molar-refractivity contribution in [3.05, 3.63) is 39.9 Å². The second-order valence-electron chi connectivity index (χ2n) is 4.16. The Morgan fingerprint density at radius 2 is 2.00 bits per heavy atom. The molecule has 0 radical (unpaired) electrons. The first-order chi connectivity index (χ1) is 8.74. The monoisotopic (exact) mass is 281 g/mol. The van der Waals surface area contributed by atoms with Crippen molar-refractivity contribution in [2.75, 3.05) is 0 Å². The SMILES string of the molecule is CCCCc1sc(-c2ccc(Cl)cc2)nc1CO. The fourth-order valence-electron chi connectivity index (χ4n) is 1.76. The van der Waals surface area contributed by atoms with Gasteiger partial charge in [0.05, 0.1) is 12.3 Å². The Morgan fingerprint density at radius 3 is 2.61 bits per heavy atom. The van der Waals surface area contributed by atoms with Crippen LogP contribution in [-0.2, 0) is 13.0 Å². The molecule has 0 aliphatic carbocycles. The lowest BCUT2D eigenvalue weighted by molar-refractivity contribution is 0.276. The van der Waals surface area contributed by atoms with Gasteiger partial charge in [0, 0.05) is 15.5 Å². The average Bonchev–Trinajstić information content (AvgIpc) is 2.80. The third-order valence-electron chi connectivity index (χ3n) is 2.78. The van der Waals surface area contributed by atoms with E-state index in [2.05, 4.69) is 11.9 Å². The summed E-state index contributed by atoms with van der Waals surface area (Å²) in [7, 11) is 0. The van der Waals surface area contributed by atoms with E-state index in [1.807, 2.05) is 24.3 Å². The standard InChI is InChI=1S/C14H16ClNOS/c1-2-3-4-13-12(9-17)16-14(18-13)10-5-7-11(15)8-6-10/h5-8,17H,2-4,9H2,1H3. The summed E-state index contributed by atoms with van der Waals surface area (Å²) in [5, 5.41) is 11.0. The zero-order chi connectivity index (χ0) is 13.0. The fraction of sp³-hybridized carbons (Fsp3) is 0.357. The Labute approximate surface area is 116 Å². The lowest BCUT2D eigenvalue weighted by Gasteiger charge is -1.96. The van der Waals surface area contributed by atoms with E-state index in [4.69, 9.17) is 11.6 Å². The lowest BCUT2D eigenvalue weighted by Crippen LogP contribution is -1.90. The van der Waals surface area contributed by atoms with Crippen molar-refractivity contribution in [3.63, 3.8) is 0 Å². The molecule has 0 saturated heterocycles. The number of aromatic nitrogens is 1. The average molecular weight is 282 g/mol. The van der Waals surface area contributed by atoms with E-state index in [0.717, 1.165) is 40.6 Å². The maximum atomic E-state index is 9.35. The molecule has 0 spiro atoms. The molecule has 1 aromatic heterocycles. The fourth-order valence-corrected chi connectivity index (χ4v) is 3.00. The zero-order valence-electron chi connectivity index (χ0n) is 10.3. The molecule has 0 aliphatic rings. The van der Waals surface area contributed by atoms with E-state index in [1.54, 1.807) is 11.3 Å². The van der Waals surface area contributed by atoms with Gasteiger partial charge >= 0.3 is 0 Å². The minimum Gasteiger partial charge on any atom is -0.390 e. The number of aryl methyl sites for hydroxylation is 1. The molecule has 0 fully saturated rings. The molecule has 0 amide bonds. The summed E-state index contributed by atoms with van der Waals surface area (Å²) in [6.45, 7) is 2.18. The Bertz CT molecular complexity index is 507. The van der Waals surface area contributed by atoms with Crippen molar-refractivity contribution in [2.24, 2.45) is 0 Å². The van der Waals surface area contributed by atoms with Crippen LogP contribution in [0.25, 0.3) is 10.6 Å². The molecule has 0 saturated carbocycles. The van der Waals surface area contributed by atoms with Gasteiger partial charge < -0.3 is 5.11 Å². The number of aliphatic hydroxyl groups is 1. The van der Waals surface area contributed by atoms with Crippen LogP contribution in [0.1, 0.15) is 30.3 Å². The van der Waals surface area contributed by atoms with Crippen LogP contribution in [0.5, 0.6) is 0 Å². The van der Waals surface area contributed by atoms with Crippen molar-refractivity contribution >= 4 is 22.9 Å². The number of aliphatic hydroxyl groups excluding tert-OH is 1. The first-order valence-corrected chi connectivity index (χ1v) is 7.29. The highest BCUT2D eigenvalue weighted by atomic mass is 35.5. The molecule has 0 aliphatic heterocycles. The molecule has 2 nitrogen and oxygen atoms in total. The number of thiazole rings is 1. The van der Waals surface area contributed by atoms with Crippen LogP contribution >= 0.6 is 22.9 Å². The number of rotatable bonds is 5. The van der Waals surface area contributed by atoms with Crippen molar-refractivity contribution in [3.8, 4) is 10.6 Å². The molecule has 1 aromatic carbocycles. The minimum atomic E-state index is 0.0170. The van der Waals surface area contributed by atoms with Gasteiger partial charge in [-0.3, -0.25) is 0 Å². The molecule has 18 heavy (non-hydrogen) atoms. The minimum absolute atomic E-state index is 0.0170. The van der Waals surface area contributed by atoms with Gasteiger partial charge in [0.25, 0.3) is 0 Å². The van der Waals surface area contributed by atoms with Crippen molar-refractivity contribution < 1.29 is 5.11 Å². The molecule has 2 aromatic rings. The summed E-state index contributed by atoms with van der Waals surface area (Å²) < 4.78 is 0. The molecule has 0 unspecified atom stereocenters. The van der Waals surface area contributed by atoms with Crippen LogP contribution in [0.4, 0.5) is 0 Å². The predicted molar refractivity (Wildman–Crippen MR) is 77.1 cm³/mol. The number of nitrogens with zero attached hydrogens (tertiary/aromatic N) is 1. The molecule has 96 valence electrons. The van der Waals surface area contributed by atoms with E-state index in [1.165, 1.54) is 4.88 Å². The summed E-state index contributed by atoms with van der Waals surface area (Å²) >= 11 is 7.54. The molecular weight excluding hydrogens is 266 g/mol. The summed E-state index contributed by atoms with van der Waals surface area (Å²) in [6, 6.07) is 7.66.